The molecule has 0 saturated carbocycles. The standard InChI is InChI=1S/C21H23N3O5/c1-13(20(25)23-17-9-5-7-14-6-3-4-8-16(14)17)29-21(26)15-10-11-18(22-2)19(12-15)24(27)28/h3-4,6,8,10-13,17,22H,5,7,9H2,1-2H3,(H,23,25)/t13-,17+/m0/s1. The summed E-state index contributed by atoms with van der Waals surface area (Å²) >= 11 is 0. The minimum atomic E-state index is -1.03. The maximum atomic E-state index is 12.6. The van der Waals surface area contributed by atoms with E-state index < -0.39 is 22.9 Å². The lowest BCUT2D eigenvalue weighted by molar-refractivity contribution is -0.384. The van der Waals surface area contributed by atoms with Gasteiger partial charge in [0.25, 0.3) is 11.6 Å². The summed E-state index contributed by atoms with van der Waals surface area (Å²) in [6, 6.07) is 11.8. The maximum Gasteiger partial charge on any atom is 0.339 e. The van der Waals surface area contributed by atoms with Gasteiger partial charge >= 0.3 is 5.97 Å². The molecule has 2 aromatic rings. The molecule has 8 nitrogen and oxygen atoms in total. The fraction of sp³-hybridized carbons (Fsp3) is 0.333. The van der Waals surface area contributed by atoms with Crippen molar-refractivity contribution in [1.82, 2.24) is 5.32 Å². The molecule has 1 amide bonds. The largest absolute Gasteiger partial charge is 0.449 e. The first-order chi connectivity index (χ1) is 13.9. The van der Waals surface area contributed by atoms with Gasteiger partial charge in [-0.15, -0.1) is 0 Å². The highest BCUT2D eigenvalue weighted by atomic mass is 16.6. The Labute approximate surface area is 168 Å². The van der Waals surface area contributed by atoms with E-state index in [0.29, 0.717) is 0 Å². The SMILES string of the molecule is CNc1ccc(C(=O)O[C@@H](C)C(=O)N[C@@H]2CCCc3ccccc32)cc1[N+](=O)[O-]. The fourth-order valence-corrected chi connectivity index (χ4v) is 3.50. The van der Waals surface area contributed by atoms with Crippen LogP contribution in [0.5, 0.6) is 0 Å². The molecule has 29 heavy (non-hydrogen) atoms. The molecule has 2 N–H and O–H groups in total. The van der Waals surface area contributed by atoms with Crippen molar-refractivity contribution in [3.63, 3.8) is 0 Å². The first-order valence-electron chi connectivity index (χ1n) is 9.46. The molecule has 0 saturated heterocycles. The van der Waals surface area contributed by atoms with Gasteiger partial charge in [-0.2, -0.15) is 0 Å². The number of fused-ring (bicyclic) bond motifs is 1. The zero-order chi connectivity index (χ0) is 21.0. The van der Waals surface area contributed by atoms with Crippen LogP contribution in [0.15, 0.2) is 42.5 Å². The number of nitrogens with one attached hydrogen (secondary N) is 2. The Kier molecular flexibility index (Phi) is 6.11. The van der Waals surface area contributed by atoms with Crippen molar-refractivity contribution in [2.75, 3.05) is 12.4 Å². The number of ether oxygens (including phenoxy) is 1. The molecular weight excluding hydrogens is 374 g/mol. The van der Waals surface area contributed by atoms with E-state index in [1.54, 1.807) is 7.05 Å². The van der Waals surface area contributed by atoms with E-state index >= 15 is 0 Å². The number of anilines is 1. The smallest absolute Gasteiger partial charge is 0.339 e. The van der Waals surface area contributed by atoms with Crippen LogP contribution >= 0.6 is 0 Å². The predicted molar refractivity (Wildman–Crippen MR) is 108 cm³/mol. The number of nitro groups is 1. The number of benzene rings is 2. The second-order valence-electron chi connectivity index (χ2n) is 6.94. The first-order valence-corrected chi connectivity index (χ1v) is 9.46. The summed E-state index contributed by atoms with van der Waals surface area (Å²) in [5.74, 6) is -1.19. The van der Waals surface area contributed by atoms with E-state index in [4.69, 9.17) is 4.74 Å². The Hall–Kier alpha value is -3.42. The van der Waals surface area contributed by atoms with E-state index in [1.165, 1.54) is 24.6 Å². The summed E-state index contributed by atoms with van der Waals surface area (Å²) in [6.07, 6.45) is 1.74. The van der Waals surface area contributed by atoms with Gasteiger partial charge in [0.2, 0.25) is 0 Å². The summed E-state index contributed by atoms with van der Waals surface area (Å²) in [7, 11) is 1.55. The molecule has 0 unspecified atom stereocenters. The van der Waals surface area contributed by atoms with Crippen LogP contribution < -0.4 is 10.6 Å². The van der Waals surface area contributed by atoms with E-state index in [0.717, 1.165) is 30.9 Å². The molecule has 0 bridgehead atoms. The molecule has 152 valence electrons. The Morgan fingerprint density at radius 1 is 1.24 bits per heavy atom. The third-order valence-electron chi connectivity index (χ3n) is 5.04. The third kappa shape index (κ3) is 4.53. The van der Waals surface area contributed by atoms with Crippen LogP contribution in [-0.4, -0.2) is 30.0 Å². The number of nitrogens with zero attached hydrogens (tertiary/aromatic N) is 1. The lowest BCUT2D eigenvalue weighted by Gasteiger charge is -2.27. The van der Waals surface area contributed by atoms with Crippen molar-refractivity contribution in [3.8, 4) is 0 Å². The number of hydrogen-bond acceptors (Lipinski definition) is 6. The van der Waals surface area contributed by atoms with Crippen LogP contribution in [0.2, 0.25) is 0 Å². The Morgan fingerprint density at radius 3 is 2.72 bits per heavy atom. The van der Waals surface area contributed by atoms with Crippen LogP contribution in [0.25, 0.3) is 0 Å². The van der Waals surface area contributed by atoms with E-state index in [-0.39, 0.29) is 23.0 Å². The van der Waals surface area contributed by atoms with Gasteiger partial charge in [0.05, 0.1) is 16.5 Å². The molecule has 2 atom stereocenters. The molecule has 1 aliphatic rings. The number of nitro benzene ring substituents is 1. The zero-order valence-electron chi connectivity index (χ0n) is 16.3. The number of esters is 1. The fourth-order valence-electron chi connectivity index (χ4n) is 3.50. The topological polar surface area (TPSA) is 111 Å². The van der Waals surface area contributed by atoms with Gasteiger partial charge in [0.15, 0.2) is 6.10 Å². The molecule has 0 aliphatic heterocycles. The Bertz CT molecular complexity index is 944. The second-order valence-corrected chi connectivity index (χ2v) is 6.94. The van der Waals surface area contributed by atoms with Crippen molar-refractivity contribution in [1.29, 1.82) is 0 Å². The van der Waals surface area contributed by atoms with Crippen molar-refractivity contribution >= 4 is 23.3 Å². The van der Waals surface area contributed by atoms with E-state index in [2.05, 4.69) is 16.7 Å². The predicted octanol–water partition coefficient (Wildman–Crippen LogP) is 3.38. The summed E-state index contributed by atoms with van der Waals surface area (Å²) in [5, 5.41) is 16.8. The van der Waals surface area contributed by atoms with Gasteiger partial charge in [0.1, 0.15) is 5.69 Å². The van der Waals surface area contributed by atoms with Gasteiger partial charge in [-0.1, -0.05) is 24.3 Å². The lowest BCUT2D eigenvalue weighted by atomic mass is 9.87. The summed E-state index contributed by atoms with van der Waals surface area (Å²) in [4.78, 5) is 35.5. The molecule has 2 aromatic carbocycles. The zero-order valence-corrected chi connectivity index (χ0v) is 16.3. The summed E-state index contributed by atoms with van der Waals surface area (Å²) in [6.45, 7) is 1.48. The number of hydrogen-bond donors (Lipinski definition) is 2. The minimum Gasteiger partial charge on any atom is -0.449 e. The summed E-state index contributed by atoms with van der Waals surface area (Å²) < 4.78 is 5.24. The third-order valence-corrected chi connectivity index (χ3v) is 5.04. The molecule has 8 heteroatoms. The number of aryl methyl sites for hydroxylation is 1. The number of rotatable bonds is 6. The summed E-state index contributed by atoms with van der Waals surface area (Å²) in [5.41, 5.74) is 2.36. The lowest BCUT2D eigenvalue weighted by Crippen LogP contribution is -2.39. The Balaban J connectivity index is 1.67. The second kappa shape index (κ2) is 8.72. The monoisotopic (exact) mass is 397 g/mol. The first kappa shape index (κ1) is 20.3. The van der Waals surface area contributed by atoms with Crippen LogP contribution in [0, 0.1) is 10.1 Å². The highest BCUT2D eigenvalue weighted by Crippen LogP contribution is 2.29. The van der Waals surface area contributed by atoms with Crippen molar-refractivity contribution in [3.05, 3.63) is 69.3 Å². The Morgan fingerprint density at radius 2 is 2.00 bits per heavy atom. The highest BCUT2D eigenvalue weighted by Gasteiger charge is 2.26. The quantitative estimate of drug-likeness (QED) is 0.439. The molecule has 0 heterocycles. The van der Waals surface area contributed by atoms with Crippen LogP contribution in [0.1, 0.15) is 47.3 Å². The average molecular weight is 397 g/mol. The van der Waals surface area contributed by atoms with Crippen molar-refractivity contribution < 1.29 is 19.2 Å². The van der Waals surface area contributed by atoms with Crippen LogP contribution in [-0.2, 0) is 16.0 Å². The molecule has 3 rings (SSSR count). The number of carbonyl (C=O) groups excluding carboxylic acids is 2. The van der Waals surface area contributed by atoms with Crippen LogP contribution in [0.4, 0.5) is 11.4 Å². The normalized spacial score (nSPS) is 16.3. The van der Waals surface area contributed by atoms with E-state index in [9.17, 15) is 19.7 Å². The maximum absolute atomic E-state index is 12.6. The molecule has 0 radical (unpaired) electrons. The van der Waals surface area contributed by atoms with Gasteiger partial charge in [-0.05, 0) is 49.4 Å². The molecule has 1 aliphatic carbocycles. The average Bonchev–Trinajstić information content (AvgIpc) is 2.73. The molecule has 0 fully saturated rings. The van der Waals surface area contributed by atoms with Gasteiger partial charge in [-0.3, -0.25) is 14.9 Å². The highest BCUT2D eigenvalue weighted by molar-refractivity contribution is 5.93. The van der Waals surface area contributed by atoms with E-state index in [1.807, 2.05) is 18.2 Å². The molecule has 0 aromatic heterocycles. The molecule has 0 spiro atoms. The minimum absolute atomic E-state index is 0.0124. The van der Waals surface area contributed by atoms with Crippen molar-refractivity contribution in [2.45, 2.75) is 38.3 Å². The van der Waals surface area contributed by atoms with Gasteiger partial charge < -0.3 is 15.4 Å². The van der Waals surface area contributed by atoms with Gasteiger partial charge in [0, 0.05) is 13.1 Å². The molecular formula is C21H23N3O5. The van der Waals surface area contributed by atoms with Crippen molar-refractivity contribution in [2.24, 2.45) is 0 Å². The van der Waals surface area contributed by atoms with Crippen LogP contribution in [0.3, 0.4) is 0 Å². The number of carbonyl (C=O) groups is 2. The number of amides is 1. The van der Waals surface area contributed by atoms with Gasteiger partial charge in [-0.25, -0.2) is 4.79 Å².